The molecule has 27 heteroatoms. The molecule has 0 fully saturated rings. The number of hydrogen-bond acceptors (Lipinski definition) is 15. The van der Waals surface area contributed by atoms with Crippen LogP contribution in [0.15, 0.2) is 0 Å². The summed E-state index contributed by atoms with van der Waals surface area (Å²) < 4.78 is 0. The van der Waals surface area contributed by atoms with Gasteiger partial charge < -0.3 is 76.6 Å². The summed E-state index contributed by atoms with van der Waals surface area (Å²) in [5.41, 5.74) is 0. The first-order chi connectivity index (χ1) is 20.2. The molecule has 0 aliphatic carbocycles. The van der Waals surface area contributed by atoms with E-state index in [0.717, 1.165) is 0 Å². The first-order valence-corrected chi connectivity index (χ1v) is 10.8. The summed E-state index contributed by atoms with van der Waals surface area (Å²) in [5, 5.41) is 121. The molecule has 0 spiro atoms. The molecule has 0 saturated carbocycles. The fourth-order valence-electron chi connectivity index (χ4n) is 1.26. The van der Waals surface area contributed by atoms with Gasteiger partial charge in [0.2, 0.25) is 0 Å². The molecule has 25 nitrogen and oxygen atoms in total. The van der Waals surface area contributed by atoms with Gasteiger partial charge >= 0.3 is 59.7 Å². The fourth-order valence-corrected chi connectivity index (χ4v) is 1.26. The van der Waals surface area contributed by atoms with Crippen molar-refractivity contribution >= 4 is 59.7 Å². The van der Waals surface area contributed by atoms with E-state index in [1.165, 1.54) is 0 Å². The van der Waals surface area contributed by atoms with E-state index in [2.05, 4.69) is 0 Å². The zero-order valence-electron chi connectivity index (χ0n) is 23.1. The maximum atomic E-state index is 9.72. The Morgan fingerprint density at radius 1 is 0.277 bits per heavy atom. The van der Waals surface area contributed by atoms with Gasteiger partial charge in [-0.25, -0.2) is 24.0 Å². The number of aliphatic hydroxyl groups is 5. The number of aliphatic carboxylic acids is 10. The summed E-state index contributed by atoms with van der Waals surface area (Å²) in [6.07, 6.45) is -12.7. The topological polar surface area (TPSA) is 474 Å². The van der Waals surface area contributed by atoms with E-state index >= 15 is 0 Å². The van der Waals surface area contributed by atoms with Gasteiger partial charge in [-0.3, -0.25) is 24.0 Å². The van der Waals surface area contributed by atoms with Crippen molar-refractivity contribution in [2.75, 3.05) is 0 Å². The summed E-state index contributed by atoms with van der Waals surface area (Å²) in [5.74, 6) is -14.2. The van der Waals surface area contributed by atoms with Crippen LogP contribution in [0.4, 0.5) is 0 Å². The van der Waals surface area contributed by atoms with Crippen molar-refractivity contribution in [3.63, 3.8) is 0 Å². The van der Waals surface area contributed by atoms with Crippen LogP contribution >= 0.6 is 0 Å². The predicted molar refractivity (Wildman–Crippen MR) is 129 cm³/mol. The first-order valence-electron chi connectivity index (χ1n) is 10.8. The molecule has 0 saturated heterocycles. The van der Waals surface area contributed by atoms with E-state index in [1.807, 2.05) is 0 Å². The van der Waals surface area contributed by atoms with Gasteiger partial charge in [0.15, 0.2) is 30.5 Å². The van der Waals surface area contributed by atoms with E-state index in [0.29, 0.717) is 0 Å². The van der Waals surface area contributed by atoms with E-state index in [-0.39, 0.29) is 37.1 Å². The smallest absolute Gasteiger partial charge is 0.333 e. The van der Waals surface area contributed by atoms with Gasteiger partial charge in [-0.2, -0.15) is 0 Å². The fraction of sp³-hybridized carbons (Fsp3) is 0.500. The maximum Gasteiger partial charge on any atom is 0.333 e. The third-order valence-electron chi connectivity index (χ3n) is 3.27. The van der Waals surface area contributed by atoms with E-state index in [9.17, 15) is 47.9 Å². The molecule has 0 bridgehead atoms. The Kier molecular flexibility index (Phi) is 40.9. The van der Waals surface area contributed by atoms with Gasteiger partial charge in [0.25, 0.3) is 0 Å². The third kappa shape index (κ3) is 51.5. The van der Waals surface area contributed by atoms with Crippen molar-refractivity contribution < 1.29 is 162 Å². The largest absolute Gasteiger partial charge is 0.481 e. The predicted octanol–water partition coefficient (Wildman–Crippen LogP) is -5.47. The standard InChI is InChI=1S/5C4H6O5.2V/c5*5-2(4(8)9)1-3(6)7;;/h5*2,5H,1H2,(H,6,7)(H,8,9);;. The Balaban J connectivity index is -0.0000000842. The molecular weight excluding hydrogens is 742 g/mol. The molecule has 2 radical (unpaired) electrons. The molecule has 5 atom stereocenters. The van der Waals surface area contributed by atoms with E-state index in [1.54, 1.807) is 0 Å². The van der Waals surface area contributed by atoms with Crippen LogP contribution in [0.3, 0.4) is 0 Å². The van der Waals surface area contributed by atoms with Crippen LogP contribution in [-0.4, -0.2) is 167 Å². The van der Waals surface area contributed by atoms with Crippen molar-refractivity contribution in [1.29, 1.82) is 0 Å². The first kappa shape index (κ1) is 58.2. The minimum absolute atomic E-state index is 0. The Hall–Kier alpha value is -4.33. The minimum atomic E-state index is -1.79. The minimum Gasteiger partial charge on any atom is -0.481 e. The van der Waals surface area contributed by atoms with Crippen molar-refractivity contribution in [1.82, 2.24) is 0 Å². The summed E-state index contributed by atoms with van der Waals surface area (Å²) in [6.45, 7) is 0. The molecule has 0 rings (SSSR count). The molecule has 0 aliphatic heterocycles. The average molecular weight is 772 g/mol. The van der Waals surface area contributed by atoms with Gasteiger partial charge in [-0.1, -0.05) is 0 Å². The van der Waals surface area contributed by atoms with Crippen LogP contribution < -0.4 is 0 Å². The van der Waals surface area contributed by atoms with Crippen LogP contribution in [0.2, 0.25) is 0 Å². The normalized spacial score (nSPS) is 12.0. The van der Waals surface area contributed by atoms with Crippen molar-refractivity contribution in [2.45, 2.75) is 62.6 Å². The molecule has 0 aromatic rings. The van der Waals surface area contributed by atoms with Crippen LogP contribution in [0.5, 0.6) is 0 Å². The zero-order valence-corrected chi connectivity index (χ0v) is 25.9. The Bertz CT molecular complexity index is 842. The molecule has 0 heterocycles. The SMILES string of the molecule is O=C(O)CC(O)C(=O)O.O=C(O)CC(O)C(=O)O.O=C(O)CC(O)C(=O)O.O=C(O)CC(O)C(=O)O.O=C(O)CC(O)C(=O)O.[V].[V]. The van der Waals surface area contributed by atoms with Crippen LogP contribution in [0, 0.1) is 0 Å². The molecule has 270 valence electrons. The molecule has 5 unspecified atom stereocenters. The maximum absolute atomic E-state index is 9.72. The quantitative estimate of drug-likeness (QED) is 0.0738. The van der Waals surface area contributed by atoms with Gasteiger partial charge in [0, 0.05) is 37.1 Å². The number of hydrogen-bond donors (Lipinski definition) is 15. The Morgan fingerprint density at radius 3 is 0.383 bits per heavy atom. The summed E-state index contributed by atoms with van der Waals surface area (Å²) in [4.78, 5) is 97.1. The number of aliphatic hydroxyl groups excluding tert-OH is 5. The molecule has 47 heavy (non-hydrogen) atoms. The Morgan fingerprint density at radius 2 is 0.362 bits per heavy atom. The second-order valence-corrected chi connectivity index (χ2v) is 7.26. The van der Waals surface area contributed by atoms with E-state index in [4.69, 9.17) is 76.6 Å². The van der Waals surface area contributed by atoms with Gasteiger partial charge in [-0.05, 0) is 0 Å². The third-order valence-corrected chi connectivity index (χ3v) is 3.27. The van der Waals surface area contributed by atoms with E-state index < -0.39 is 122 Å². The number of carboxylic acids is 10. The number of rotatable bonds is 15. The van der Waals surface area contributed by atoms with Gasteiger partial charge in [-0.15, -0.1) is 0 Å². The van der Waals surface area contributed by atoms with Gasteiger partial charge in [0.05, 0.1) is 32.1 Å². The average Bonchev–Trinajstić information content (AvgIpc) is 2.83. The zero-order chi connectivity index (χ0) is 37.2. The van der Waals surface area contributed by atoms with Crippen LogP contribution in [0.1, 0.15) is 32.1 Å². The second-order valence-electron chi connectivity index (χ2n) is 7.26. The molecule has 0 aliphatic rings. The molecular formula is C20H30O25V2. The second kappa shape index (κ2) is 33.0. The summed E-state index contributed by atoms with van der Waals surface area (Å²) in [6, 6.07) is 0. The van der Waals surface area contributed by atoms with Crippen molar-refractivity contribution in [2.24, 2.45) is 0 Å². The number of carboxylic acid groups (broad SMARTS) is 10. The molecule has 0 aromatic carbocycles. The van der Waals surface area contributed by atoms with Gasteiger partial charge in [0.1, 0.15) is 0 Å². The van der Waals surface area contributed by atoms with Crippen molar-refractivity contribution in [3.05, 3.63) is 0 Å². The summed E-state index contributed by atoms with van der Waals surface area (Å²) in [7, 11) is 0. The van der Waals surface area contributed by atoms with Crippen LogP contribution in [-0.2, 0) is 85.1 Å². The summed E-state index contributed by atoms with van der Waals surface area (Å²) >= 11 is 0. The number of carbonyl (C=O) groups is 10. The molecule has 0 aromatic heterocycles. The monoisotopic (exact) mass is 772 g/mol. The van der Waals surface area contributed by atoms with Crippen LogP contribution in [0.25, 0.3) is 0 Å². The molecule has 0 amide bonds. The Labute approximate surface area is 283 Å². The van der Waals surface area contributed by atoms with Crippen molar-refractivity contribution in [3.8, 4) is 0 Å². The molecule has 15 N–H and O–H groups in total.